The van der Waals surface area contributed by atoms with Gasteiger partial charge in [0.2, 0.25) is 0 Å². The molecule has 0 bridgehead atoms. The van der Waals surface area contributed by atoms with Crippen LogP contribution in [0.1, 0.15) is 76.2 Å². The molecule has 1 aromatic carbocycles. The van der Waals surface area contributed by atoms with Gasteiger partial charge in [0.15, 0.2) is 0 Å². The van der Waals surface area contributed by atoms with Crippen molar-refractivity contribution in [3.05, 3.63) is 74.4 Å². The van der Waals surface area contributed by atoms with Crippen LogP contribution in [0.2, 0.25) is 13.1 Å². The van der Waals surface area contributed by atoms with Crippen LogP contribution in [-0.4, -0.2) is 6.66 Å². The number of para-hydroxylation sites is 1. The predicted molar refractivity (Wildman–Crippen MR) is 147 cm³/mol. The van der Waals surface area contributed by atoms with Crippen molar-refractivity contribution in [3.63, 3.8) is 0 Å². The van der Waals surface area contributed by atoms with E-state index < -0.39 is 0 Å². The summed E-state index contributed by atoms with van der Waals surface area (Å²) in [6.45, 7) is 29.5. The van der Waals surface area contributed by atoms with Crippen LogP contribution in [0.4, 0.5) is 0 Å². The Kier molecular flexibility index (Phi) is 11.4. The maximum absolute atomic E-state index is 5.80. The number of allylic oxidation sites excluding steroid dienone is 7. The molecule has 33 heavy (non-hydrogen) atoms. The van der Waals surface area contributed by atoms with Gasteiger partial charge in [0, 0.05) is 0 Å². The van der Waals surface area contributed by atoms with Crippen LogP contribution >= 0.6 is 0 Å². The first-order valence-electron chi connectivity index (χ1n) is 12.3. The molecule has 1 aliphatic carbocycles. The van der Waals surface area contributed by atoms with Crippen molar-refractivity contribution in [2.75, 3.05) is 0 Å². The summed E-state index contributed by atoms with van der Waals surface area (Å²) in [5.74, 6) is 1.66. The van der Waals surface area contributed by atoms with Crippen molar-refractivity contribution in [1.82, 2.24) is 0 Å². The molecule has 0 spiro atoms. The Morgan fingerprint density at radius 1 is 0.909 bits per heavy atom. The Bertz CT molecular complexity index is 903. The van der Waals surface area contributed by atoms with Gasteiger partial charge in [-0.15, -0.1) is 0 Å². The Hall–Kier alpha value is -1.09. The zero-order chi connectivity index (χ0) is 25.6. The molecule has 1 nitrogen and oxygen atoms in total. The zero-order valence-electron chi connectivity index (χ0n) is 23.6. The SMILES string of the molecule is CC(=CC(=COc1ccccc1)C(C)(C)C)C(C)(C)C.CC1=C(C)C(C)[C]([Ti][SiH](C)C)=C1C. The topological polar surface area (TPSA) is 9.23 Å². The summed E-state index contributed by atoms with van der Waals surface area (Å²) < 4.78 is 7.66. The molecule has 182 valence electrons. The van der Waals surface area contributed by atoms with E-state index >= 15 is 0 Å². The van der Waals surface area contributed by atoms with Crippen LogP contribution in [0.3, 0.4) is 0 Å². The third kappa shape index (κ3) is 9.59. The van der Waals surface area contributed by atoms with Crippen molar-refractivity contribution >= 4 is 6.66 Å². The van der Waals surface area contributed by atoms with Gasteiger partial charge in [-0.3, -0.25) is 0 Å². The second-order valence-electron chi connectivity index (χ2n) is 11.7. The van der Waals surface area contributed by atoms with Crippen LogP contribution < -0.4 is 4.74 Å². The standard InChI is InChI=1S/C19H28O.C9H13.C2H7Si.Ti/c1-15(18(2,3)4)13-16(19(5,6)7)14-20-17-11-9-8-10-12-17;1-6-5-7(2)9(4)8(6)3;1-3-2;/h8-14H,1-7H3;6H,1-4H3;3H,1-2H3;. The Labute approximate surface area is 215 Å². The first-order valence-corrected chi connectivity index (χ1v) is 18.7. The van der Waals surface area contributed by atoms with Crippen LogP contribution in [-0.2, 0) is 18.4 Å². The van der Waals surface area contributed by atoms with Crippen molar-refractivity contribution in [2.24, 2.45) is 16.7 Å². The molecule has 1 aliphatic rings. The third-order valence-electron chi connectivity index (χ3n) is 6.57. The summed E-state index contributed by atoms with van der Waals surface area (Å²) in [4.78, 5) is 0. The van der Waals surface area contributed by atoms with Gasteiger partial charge in [-0.05, 0) is 35.5 Å². The molecule has 0 saturated carbocycles. The normalized spacial score (nSPS) is 17.9. The molecule has 2 rings (SSSR count). The summed E-state index contributed by atoms with van der Waals surface area (Å²) in [5.41, 5.74) is 7.65. The molecule has 0 N–H and O–H groups in total. The van der Waals surface area contributed by atoms with Gasteiger partial charge in [-0.1, -0.05) is 71.4 Å². The summed E-state index contributed by atoms with van der Waals surface area (Å²) in [7, 11) is 0. The molecular formula is C30H48OSiTi. The average molecular weight is 501 g/mol. The van der Waals surface area contributed by atoms with E-state index in [2.05, 4.69) is 95.3 Å². The fourth-order valence-electron chi connectivity index (χ4n) is 3.42. The number of benzene rings is 1. The average Bonchev–Trinajstić information content (AvgIpc) is 2.88. The van der Waals surface area contributed by atoms with Crippen LogP contribution in [0.5, 0.6) is 5.75 Å². The predicted octanol–water partition coefficient (Wildman–Crippen LogP) is 9.30. The molecule has 3 heteroatoms. The van der Waals surface area contributed by atoms with E-state index in [1.807, 2.05) is 40.5 Å². The van der Waals surface area contributed by atoms with Gasteiger partial charge < -0.3 is 4.74 Å². The Morgan fingerprint density at radius 2 is 1.45 bits per heavy atom. The van der Waals surface area contributed by atoms with Gasteiger partial charge in [0.1, 0.15) is 5.75 Å². The van der Waals surface area contributed by atoms with Crippen LogP contribution in [0.15, 0.2) is 74.4 Å². The van der Waals surface area contributed by atoms with E-state index in [4.69, 9.17) is 4.74 Å². The van der Waals surface area contributed by atoms with Gasteiger partial charge in [-0.2, -0.15) is 0 Å². The Morgan fingerprint density at radius 3 is 1.85 bits per heavy atom. The second-order valence-corrected chi connectivity index (χ2v) is 21.9. The number of ether oxygens (including phenoxy) is 1. The van der Waals surface area contributed by atoms with E-state index in [9.17, 15) is 0 Å². The maximum atomic E-state index is 5.80. The molecule has 1 atom stereocenters. The second kappa shape index (κ2) is 12.6. The minimum atomic E-state index is -0.315. The van der Waals surface area contributed by atoms with E-state index in [-0.39, 0.29) is 35.9 Å². The fraction of sp³-hybridized carbons (Fsp3) is 0.533. The first-order chi connectivity index (χ1) is 15.1. The first kappa shape index (κ1) is 29.9. The van der Waals surface area contributed by atoms with Gasteiger partial charge in [0.25, 0.3) is 0 Å². The molecule has 0 aromatic heterocycles. The zero-order valence-corrected chi connectivity index (χ0v) is 26.3. The van der Waals surface area contributed by atoms with Crippen LogP contribution in [0.25, 0.3) is 0 Å². The number of hydrogen-bond acceptors (Lipinski definition) is 1. The van der Waals surface area contributed by atoms with E-state index in [1.165, 1.54) is 11.1 Å². The van der Waals surface area contributed by atoms with Crippen molar-refractivity contribution in [1.29, 1.82) is 0 Å². The quantitative estimate of drug-likeness (QED) is 0.222. The minimum absolute atomic E-state index is 0.0568. The molecule has 0 radical (unpaired) electrons. The summed E-state index contributed by atoms with van der Waals surface area (Å²) in [5, 5.41) is 0. The van der Waals surface area contributed by atoms with Gasteiger partial charge in [-0.25, -0.2) is 0 Å². The van der Waals surface area contributed by atoms with Crippen molar-refractivity contribution in [3.8, 4) is 5.75 Å². The van der Waals surface area contributed by atoms with Crippen molar-refractivity contribution in [2.45, 2.75) is 89.3 Å². The summed E-state index contributed by atoms with van der Waals surface area (Å²) in [6, 6.07) is 9.89. The van der Waals surface area contributed by atoms with Crippen molar-refractivity contribution < 1.29 is 23.1 Å². The van der Waals surface area contributed by atoms with Gasteiger partial charge >= 0.3 is 92.4 Å². The molecule has 0 aliphatic heterocycles. The summed E-state index contributed by atoms with van der Waals surface area (Å²) >= 11 is 0.267. The molecule has 0 saturated heterocycles. The monoisotopic (exact) mass is 500 g/mol. The summed E-state index contributed by atoms with van der Waals surface area (Å²) in [6.07, 6.45) is 4.13. The van der Waals surface area contributed by atoms with E-state index in [0.717, 1.165) is 11.7 Å². The molecular weight excluding hydrogens is 452 g/mol. The molecule has 1 aromatic rings. The number of rotatable bonds is 5. The van der Waals surface area contributed by atoms with Gasteiger partial charge in [0.05, 0.1) is 6.26 Å². The van der Waals surface area contributed by atoms with Crippen LogP contribution in [0, 0.1) is 16.7 Å². The van der Waals surface area contributed by atoms with E-state index in [0.29, 0.717) is 0 Å². The fourth-order valence-corrected chi connectivity index (χ4v) is 10.2. The third-order valence-corrected chi connectivity index (χ3v) is 12.9. The Balaban J connectivity index is 0.000000361. The molecule has 0 fully saturated rings. The van der Waals surface area contributed by atoms with E-state index in [1.54, 1.807) is 16.7 Å². The molecule has 0 heterocycles. The number of hydrogen-bond donors (Lipinski definition) is 0. The molecule has 1 unspecified atom stereocenters. The molecule has 0 amide bonds.